The Kier molecular flexibility index (Phi) is 8.60. The third-order valence-electron chi connectivity index (χ3n) is 4.17. The predicted molar refractivity (Wildman–Crippen MR) is 96.3 cm³/mol. The van der Waals surface area contributed by atoms with E-state index in [0.717, 1.165) is 25.7 Å². The van der Waals surface area contributed by atoms with Crippen LogP contribution in [0.2, 0.25) is 0 Å². The second-order valence-corrected chi connectivity index (χ2v) is 6.16. The number of hydrogen-bond donors (Lipinski definition) is 2. The van der Waals surface area contributed by atoms with E-state index in [0.29, 0.717) is 12.5 Å². The summed E-state index contributed by atoms with van der Waals surface area (Å²) in [6.07, 6.45) is 4.32. The molecule has 1 aromatic carbocycles. The molecule has 0 fully saturated rings. The maximum absolute atomic E-state index is 12.2. The van der Waals surface area contributed by atoms with Crippen LogP contribution in [0.1, 0.15) is 56.8 Å². The summed E-state index contributed by atoms with van der Waals surface area (Å²) >= 11 is 0. The van der Waals surface area contributed by atoms with Gasteiger partial charge >= 0.3 is 0 Å². The van der Waals surface area contributed by atoms with Gasteiger partial charge in [0.25, 0.3) is 11.6 Å². The molecule has 0 radical (unpaired) electrons. The molecule has 0 aliphatic carbocycles. The van der Waals surface area contributed by atoms with Gasteiger partial charge in [-0.3, -0.25) is 19.7 Å². The van der Waals surface area contributed by atoms with Crippen molar-refractivity contribution in [1.29, 1.82) is 0 Å². The fourth-order valence-electron chi connectivity index (χ4n) is 2.45. The average molecular weight is 349 g/mol. The molecule has 2 unspecified atom stereocenters. The number of carbonyl (C=O) groups is 2. The third kappa shape index (κ3) is 6.91. The lowest BCUT2D eigenvalue weighted by atomic mass is 9.99. The number of unbranched alkanes of at least 4 members (excludes halogenated alkanes) is 1. The minimum Gasteiger partial charge on any atom is -0.354 e. The van der Waals surface area contributed by atoms with E-state index in [1.165, 1.54) is 24.3 Å². The van der Waals surface area contributed by atoms with Crippen LogP contribution >= 0.6 is 0 Å². The topological polar surface area (TPSA) is 101 Å². The smallest absolute Gasteiger partial charge is 0.270 e. The van der Waals surface area contributed by atoms with Gasteiger partial charge in [-0.2, -0.15) is 0 Å². The van der Waals surface area contributed by atoms with Crippen molar-refractivity contribution in [1.82, 2.24) is 10.6 Å². The monoisotopic (exact) mass is 349 g/mol. The molecule has 2 amide bonds. The summed E-state index contributed by atoms with van der Waals surface area (Å²) in [5, 5.41) is 16.2. The molecule has 0 bridgehead atoms. The van der Waals surface area contributed by atoms with Gasteiger partial charge in [0, 0.05) is 24.2 Å². The summed E-state index contributed by atoms with van der Waals surface area (Å²) in [7, 11) is 0. The first-order valence-corrected chi connectivity index (χ1v) is 8.72. The number of nitro groups is 1. The highest BCUT2D eigenvalue weighted by Crippen LogP contribution is 2.13. The zero-order valence-electron chi connectivity index (χ0n) is 15.1. The minimum atomic E-state index is -0.713. The fourth-order valence-corrected chi connectivity index (χ4v) is 2.45. The first kappa shape index (κ1) is 20.6. The molecular weight excluding hydrogens is 322 g/mol. The number of amides is 2. The quantitative estimate of drug-likeness (QED) is 0.501. The number of non-ortho nitro benzene ring substituents is 1. The summed E-state index contributed by atoms with van der Waals surface area (Å²) in [6, 6.07) is 4.71. The van der Waals surface area contributed by atoms with Crippen LogP contribution in [0.3, 0.4) is 0 Å². The van der Waals surface area contributed by atoms with Gasteiger partial charge in [-0.25, -0.2) is 0 Å². The molecule has 0 aliphatic heterocycles. The van der Waals surface area contributed by atoms with Crippen LogP contribution in [-0.2, 0) is 4.79 Å². The number of nitro benzene ring substituents is 1. The predicted octanol–water partition coefficient (Wildman–Crippen LogP) is 3.05. The van der Waals surface area contributed by atoms with Crippen molar-refractivity contribution >= 4 is 17.5 Å². The zero-order chi connectivity index (χ0) is 18.8. The SMILES string of the molecule is CCCCC(CC)CNC(=O)C(C)NC(=O)c1cccc([N+](=O)[O-])c1. The normalized spacial score (nSPS) is 12.9. The molecule has 0 aliphatic rings. The van der Waals surface area contributed by atoms with Crippen LogP contribution in [0.5, 0.6) is 0 Å². The molecule has 1 rings (SSSR count). The highest BCUT2D eigenvalue weighted by atomic mass is 16.6. The lowest BCUT2D eigenvalue weighted by Gasteiger charge is -2.18. The van der Waals surface area contributed by atoms with E-state index in [1.54, 1.807) is 6.92 Å². The van der Waals surface area contributed by atoms with Gasteiger partial charge in [0.2, 0.25) is 5.91 Å². The Balaban J connectivity index is 2.55. The molecule has 138 valence electrons. The summed E-state index contributed by atoms with van der Waals surface area (Å²) in [4.78, 5) is 34.5. The Labute approximate surface area is 148 Å². The number of hydrogen-bond acceptors (Lipinski definition) is 4. The van der Waals surface area contributed by atoms with Crippen LogP contribution < -0.4 is 10.6 Å². The molecule has 2 atom stereocenters. The minimum absolute atomic E-state index is 0.156. The summed E-state index contributed by atoms with van der Waals surface area (Å²) in [5.41, 5.74) is -0.00491. The number of nitrogens with one attached hydrogen (secondary N) is 2. The summed E-state index contributed by atoms with van der Waals surface area (Å²) in [5.74, 6) is -0.332. The van der Waals surface area contributed by atoms with E-state index >= 15 is 0 Å². The molecule has 0 aromatic heterocycles. The Bertz CT molecular complexity index is 604. The van der Waals surface area contributed by atoms with Crippen molar-refractivity contribution in [2.24, 2.45) is 5.92 Å². The van der Waals surface area contributed by atoms with Crippen molar-refractivity contribution in [3.05, 3.63) is 39.9 Å². The van der Waals surface area contributed by atoms with Gasteiger partial charge in [0.05, 0.1) is 4.92 Å². The van der Waals surface area contributed by atoms with E-state index in [9.17, 15) is 19.7 Å². The van der Waals surface area contributed by atoms with Crippen LogP contribution in [0, 0.1) is 16.0 Å². The number of nitrogens with zero attached hydrogens (tertiary/aromatic N) is 1. The molecule has 0 spiro atoms. The van der Waals surface area contributed by atoms with E-state index in [2.05, 4.69) is 24.5 Å². The molecule has 0 saturated carbocycles. The van der Waals surface area contributed by atoms with Crippen LogP contribution in [0.15, 0.2) is 24.3 Å². The first-order valence-electron chi connectivity index (χ1n) is 8.72. The Morgan fingerprint density at radius 2 is 2.00 bits per heavy atom. The third-order valence-corrected chi connectivity index (χ3v) is 4.17. The van der Waals surface area contributed by atoms with Gasteiger partial charge in [0.1, 0.15) is 6.04 Å². The van der Waals surface area contributed by atoms with Crippen molar-refractivity contribution in [3.8, 4) is 0 Å². The average Bonchev–Trinajstić information content (AvgIpc) is 2.61. The van der Waals surface area contributed by atoms with Crippen molar-refractivity contribution in [2.45, 2.75) is 52.5 Å². The Hall–Kier alpha value is -2.44. The molecule has 1 aromatic rings. The number of rotatable bonds is 10. The second kappa shape index (κ2) is 10.4. The Morgan fingerprint density at radius 3 is 2.60 bits per heavy atom. The Morgan fingerprint density at radius 1 is 1.28 bits per heavy atom. The highest BCUT2D eigenvalue weighted by molar-refractivity contribution is 5.97. The van der Waals surface area contributed by atoms with Gasteiger partial charge in [-0.15, -0.1) is 0 Å². The van der Waals surface area contributed by atoms with E-state index in [-0.39, 0.29) is 17.2 Å². The standard InChI is InChI=1S/C18H27N3O4/c1-4-6-8-14(5-2)12-19-17(22)13(3)20-18(23)15-9-7-10-16(11-15)21(24)25/h7,9-11,13-14H,4-6,8,12H2,1-3H3,(H,19,22)(H,20,23). The first-order chi connectivity index (χ1) is 11.9. The lowest BCUT2D eigenvalue weighted by Crippen LogP contribution is -2.46. The maximum atomic E-state index is 12.2. The zero-order valence-corrected chi connectivity index (χ0v) is 15.1. The van der Waals surface area contributed by atoms with Crippen molar-refractivity contribution in [2.75, 3.05) is 6.54 Å². The highest BCUT2D eigenvalue weighted by Gasteiger charge is 2.18. The van der Waals surface area contributed by atoms with Crippen LogP contribution in [0.25, 0.3) is 0 Å². The molecule has 0 heterocycles. The van der Waals surface area contributed by atoms with E-state index in [4.69, 9.17) is 0 Å². The van der Waals surface area contributed by atoms with Crippen molar-refractivity contribution in [3.63, 3.8) is 0 Å². The summed E-state index contributed by atoms with van der Waals surface area (Å²) < 4.78 is 0. The summed E-state index contributed by atoms with van der Waals surface area (Å²) in [6.45, 7) is 6.42. The molecule has 25 heavy (non-hydrogen) atoms. The number of carbonyl (C=O) groups excluding carboxylic acids is 2. The van der Waals surface area contributed by atoms with Gasteiger partial charge < -0.3 is 10.6 Å². The van der Waals surface area contributed by atoms with E-state index < -0.39 is 16.9 Å². The maximum Gasteiger partial charge on any atom is 0.270 e. The lowest BCUT2D eigenvalue weighted by molar-refractivity contribution is -0.384. The molecule has 0 saturated heterocycles. The molecule has 2 N–H and O–H groups in total. The van der Waals surface area contributed by atoms with Crippen LogP contribution in [-0.4, -0.2) is 29.3 Å². The number of benzene rings is 1. The van der Waals surface area contributed by atoms with E-state index in [1.807, 2.05) is 0 Å². The molecule has 7 heteroatoms. The van der Waals surface area contributed by atoms with Crippen molar-refractivity contribution < 1.29 is 14.5 Å². The van der Waals surface area contributed by atoms with Crippen LogP contribution in [0.4, 0.5) is 5.69 Å². The van der Waals surface area contributed by atoms with Gasteiger partial charge in [0.15, 0.2) is 0 Å². The van der Waals surface area contributed by atoms with Gasteiger partial charge in [-0.1, -0.05) is 39.2 Å². The largest absolute Gasteiger partial charge is 0.354 e. The molecular formula is C18H27N3O4. The van der Waals surface area contributed by atoms with Gasteiger partial charge in [-0.05, 0) is 25.3 Å². The fraction of sp³-hybridized carbons (Fsp3) is 0.556. The molecule has 7 nitrogen and oxygen atoms in total. The second-order valence-electron chi connectivity index (χ2n) is 6.16.